The highest BCUT2D eigenvalue weighted by Crippen LogP contribution is 2.32. The number of benzene rings is 3. The van der Waals surface area contributed by atoms with Crippen LogP contribution >= 0.6 is 0 Å². The molecule has 0 unspecified atom stereocenters. The van der Waals surface area contributed by atoms with Crippen molar-refractivity contribution in [3.63, 3.8) is 0 Å². The predicted octanol–water partition coefficient (Wildman–Crippen LogP) is 4.18. The van der Waals surface area contributed by atoms with Crippen LogP contribution in [0.25, 0.3) is 32.6 Å². The molecule has 4 rings (SSSR count). The van der Waals surface area contributed by atoms with Crippen molar-refractivity contribution in [3.8, 4) is 5.75 Å². The number of phenolic OH excluding ortho intramolecular Hbond substituents is 1. The molecule has 2 nitrogen and oxygen atoms in total. The molecule has 0 amide bonds. The quantitative estimate of drug-likeness (QED) is 0.469. The van der Waals surface area contributed by atoms with Gasteiger partial charge in [-0.1, -0.05) is 36.4 Å². The SMILES string of the molecule is Oc1ccc2[nH]c3c4ccccc4ccc3c2c1. The highest BCUT2D eigenvalue weighted by molar-refractivity contribution is 6.17. The minimum Gasteiger partial charge on any atom is -0.508 e. The van der Waals surface area contributed by atoms with Crippen molar-refractivity contribution in [2.75, 3.05) is 0 Å². The molecule has 0 bridgehead atoms. The summed E-state index contributed by atoms with van der Waals surface area (Å²) in [6.07, 6.45) is 0. The number of aromatic hydroxyl groups is 1. The molecule has 0 fully saturated rings. The second-order valence-electron chi connectivity index (χ2n) is 4.56. The first-order chi connectivity index (χ1) is 8.83. The van der Waals surface area contributed by atoms with E-state index in [-0.39, 0.29) is 0 Å². The first-order valence-corrected chi connectivity index (χ1v) is 5.95. The molecule has 2 heteroatoms. The van der Waals surface area contributed by atoms with Gasteiger partial charge >= 0.3 is 0 Å². The van der Waals surface area contributed by atoms with Gasteiger partial charge in [-0.25, -0.2) is 0 Å². The molecule has 0 aliphatic rings. The van der Waals surface area contributed by atoms with Gasteiger partial charge in [0.05, 0.1) is 5.52 Å². The predicted molar refractivity (Wildman–Crippen MR) is 75.0 cm³/mol. The Morgan fingerprint density at radius 3 is 2.61 bits per heavy atom. The van der Waals surface area contributed by atoms with Crippen LogP contribution in [0.15, 0.2) is 54.6 Å². The van der Waals surface area contributed by atoms with Crippen LogP contribution in [-0.2, 0) is 0 Å². The Labute approximate surface area is 103 Å². The number of aromatic nitrogens is 1. The Morgan fingerprint density at radius 1 is 0.778 bits per heavy atom. The van der Waals surface area contributed by atoms with Crippen molar-refractivity contribution in [1.82, 2.24) is 4.98 Å². The summed E-state index contributed by atoms with van der Waals surface area (Å²) in [5, 5.41) is 14.3. The van der Waals surface area contributed by atoms with Gasteiger partial charge < -0.3 is 10.1 Å². The summed E-state index contributed by atoms with van der Waals surface area (Å²) in [6.45, 7) is 0. The number of hydrogen-bond donors (Lipinski definition) is 2. The zero-order valence-electron chi connectivity index (χ0n) is 9.64. The highest BCUT2D eigenvalue weighted by atomic mass is 16.3. The second kappa shape index (κ2) is 3.26. The molecule has 0 aliphatic carbocycles. The molecule has 86 valence electrons. The van der Waals surface area contributed by atoms with Crippen LogP contribution < -0.4 is 0 Å². The highest BCUT2D eigenvalue weighted by Gasteiger charge is 2.07. The minimum absolute atomic E-state index is 0.302. The Bertz CT molecular complexity index is 889. The molecule has 4 aromatic rings. The number of hydrogen-bond acceptors (Lipinski definition) is 1. The average Bonchev–Trinajstić information content (AvgIpc) is 2.77. The van der Waals surface area contributed by atoms with E-state index in [0.717, 1.165) is 21.8 Å². The third-order valence-corrected chi connectivity index (χ3v) is 3.48. The van der Waals surface area contributed by atoms with Gasteiger partial charge in [-0.2, -0.15) is 0 Å². The van der Waals surface area contributed by atoms with E-state index < -0.39 is 0 Å². The minimum atomic E-state index is 0.302. The largest absolute Gasteiger partial charge is 0.508 e. The van der Waals surface area contributed by atoms with Crippen LogP contribution in [0, 0.1) is 0 Å². The third kappa shape index (κ3) is 1.17. The standard InChI is InChI=1S/C16H11NO/c18-11-6-8-15-14(9-11)13-7-5-10-3-1-2-4-12(10)16(13)17-15/h1-9,17-18H. The van der Waals surface area contributed by atoms with Crippen molar-refractivity contribution < 1.29 is 5.11 Å². The zero-order valence-corrected chi connectivity index (χ0v) is 9.64. The number of fused-ring (bicyclic) bond motifs is 5. The number of rotatable bonds is 0. The topological polar surface area (TPSA) is 36.0 Å². The van der Waals surface area contributed by atoms with E-state index >= 15 is 0 Å². The maximum Gasteiger partial charge on any atom is 0.116 e. The van der Waals surface area contributed by atoms with Gasteiger partial charge in [-0.05, 0) is 23.6 Å². The fourth-order valence-electron chi connectivity index (χ4n) is 2.63. The molecule has 1 aromatic heterocycles. The van der Waals surface area contributed by atoms with Crippen molar-refractivity contribution >= 4 is 32.6 Å². The zero-order chi connectivity index (χ0) is 12.1. The van der Waals surface area contributed by atoms with E-state index in [1.807, 2.05) is 24.3 Å². The van der Waals surface area contributed by atoms with E-state index in [1.54, 1.807) is 6.07 Å². The normalized spacial score (nSPS) is 11.6. The van der Waals surface area contributed by atoms with Crippen LogP contribution in [0.5, 0.6) is 5.75 Å². The Balaban J connectivity index is 2.30. The molecule has 0 aliphatic heterocycles. The van der Waals surface area contributed by atoms with Crippen molar-refractivity contribution in [2.45, 2.75) is 0 Å². The van der Waals surface area contributed by atoms with Gasteiger partial charge in [0, 0.05) is 21.7 Å². The van der Waals surface area contributed by atoms with Crippen LogP contribution in [0.1, 0.15) is 0 Å². The molecule has 3 aromatic carbocycles. The van der Waals surface area contributed by atoms with E-state index in [0.29, 0.717) is 5.75 Å². The Morgan fingerprint density at radius 2 is 1.67 bits per heavy atom. The maximum absolute atomic E-state index is 9.61. The van der Waals surface area contributed by atoms with Crippen LogP contribution in [0.4, 0.5) is 0 Å². The lowest BCUT2D eigenvalue weighted by atomic mass is 10.1. The summed E-state index contributed by atoms with van der Waals surface area (Å²) in [5.74, 6) is 0.302. The van der Waals surface area contributed by atoms with Crippen LogP contribution in [-0.4, -0.2) is 10.1 Å². The number of H-pyrrole nitrogens is 1. The number of phenols is 1. The summed E-state index contributed by atoms with van der Waals surface area (Å²) in [6, 6.07) is 18.0. The smallest absolute Gasteiger partial charge is 0.116 e. The molecule has 18 heavy (non-hydrogen) atoms. The Kier molecular flexibility index (Phi) is 1.73. The lowest BCUT2D eigenvalue weighted by Crippen LogP contribution is -1.74. The van der Waals surface area contributed by atoms with E-state index in [2.05, 4.69) is 29.2 Å². The summed E-state index contributed by atoms with van der Waals surface area (Å²) in [4.78, 5) is 3.44. The van der Waals surface area contributed by atoms with E-state index in [9.17, 15) is 5.11 Å². The first kappa shape index (κ1) is 9.54. The van der Waals surface area contributed by atoms with Gasteiger partial charge in [0.1, 0.15) is 5.75 Å². The monoisotopic (exact) mass is 233 g/mol. The summed E-state index contributed by atoms with van der Waals surface area (Å²) >= 11 is 0. The molecule has 2 N–H and O–H groups in total. The van der Waals surface area contributed by atoms with Gasteiger partial charge in [-0.15, -0.1) is 0 Å². The molecule has 0 saturated carbocycles. The number of nitrogens with one attached hydrogen (secondary N) is 1. The molecule has 0 atom stereocenters. The van der Waals surface area contributed by atoms with E-state index in [4.69, 9.17) is 0 Å². The fourth-order valence-corrected chi connectivity index (χ4v) is 2.63. The molecular formula is C16H11NO. The lowest BCUT2D eigenvalue weighted by Gasteiger charge is -1.98. The van der Waals surface area contributed by atoms with Crippen LogP contribution in [0.2, 0.25) is 0 Å². The lowest BCUT2D eigenvalue weighted by molar-refractivity contribution is 0.476. The summed E-state index contributed by atoms with van der Waals surface area (Å²) < 4.78 is 0. The van der Waals surface area contributed by atoms with Gasteiger partial charge in [-0.3, -0.25) is 0 Å². The molecule has 0 radical (unpaired) electrons. The second-order valence-corrected chi connectivity index (χ2v) is 4.56. The maximum atomic E-state index is 9.61. The molecule has 0 spiro atoms. The van der Waals surface area contributed by atoms with Crippen molar-refractivity contribution in [1.29, 1.82) is 0 Å². The number of aromatic amines is 1. The van der Waals surface area contributed by atoms with Crippen molar-refractivity contribution in [2.24, 2.45) is 0 Å². The first-order valence-electron chi connectivity index (χ1n) is 5.95. The van der Waals surface area contributed by atoms with Gasteiger partial charge in [0.2, 0.25) is 0 Å². The van der Waals surface area contributed by atoms with Gasteiger partial charge in [0.25, 0.3) is 0 Å². The fraction of sp³-hybridized carbons (Fsp3) is 0. The average molecular weight is 233 g/mol. The van der Waals surface area contributed by atoms with Crippen LogP contribution in [0.3, 0.4) is 0 Å². The third-order valence-electron chi connectivity index (χ3n) is 3.48. The molecule has 1 heterocycles. The van der Waals surface area contributed by atoms with Gasteiger partial charge in [0.15, 0.2) is 0 Å². The summed E-state index contributed by atoms with van der Waals surface area (Å²) in [5.41, 5.74) is 2.19. The Hall–Kier alpha value is -2.48. The summed E-state index contributed by atoms with van der Waals surface area (Å²) in [7, 11) is 0. The molecular weight excluding hydrogens is 222 g/mol. The van der Waals surface area contributed by atoms with E-state index in [1.165, 1.54) is 10.8 Å². The van der Waals surface area contributed by atoms with Crippen molar-refractivity contribution in [3.05, 3.63) is 54.6 Å². The molecule has 0 saturated heterocycles.